The summed E-state index contributed by atoms with van der Waals surface area (Å²) < 4.78 is 23.5. The highest BCUT2D eigenvalue weighted by molar-refractivity contribution is 6.74. The van der Waals surface area contributed by atoms with Crippen LogP contribution in [0.3, 0.4) is 0 Å². The van der Waals surface area contributed by atoms with Gasteiger partial charge in [-0.2, -0.15) is 0 Å². The van der Waals surface area contributed by atoms with E-state index in [0.717, 1.165) is 23.1 Å². The molecule has 8 heteroatoms. The number of hydrogen-bond acceptors (Lipinski definition) is 3. The number of nitrogens with one attached hydrogen (secondary N) is 1. The van der Waals surface area contributed by atoms with Crippen molar-refractivity contribution in [3.63, 3.8) is 0 Å². The third-order valence-corrected chi connectivity index (χ3v) is 11.0. The minimum absolute atomic E-state index is 0.154. The minimum Gasteiger partial charge on any atom is -0.465 e. The number of aromatic nitrogens is 2. The van der Waals surface area contributed by atoms with Crippen molar-refractivity contribution < 1.29 is 18.7 Å². The molecule has 2 N–H and O–H groups in total. The Morgan fingerprint density at radius 2 is 2.10 bits per heavy atom. The molecular formula is C21H32FN3O3Si. The number of amides is 1. The molecule has 3 rings (SSSR count). The van der Waals surface area contributed by atoms with Crippen molar-refractivity contribution in [3.05, 3.63) is 28.8 Å². The van der Waals surface area contributed by atoms with E-state index in [1.165, 1.54) is 0 Å². The first-order valence-corrected chi connectivity index (χ1v) is 13.1. The van der Waals surface area contributed by atoms with Gasteiger partial charge in [-0.15, -0.1) is 0 Å². The predicted molar refractivity (Wildman–Crippen MR) is 115 cm³/mol. The van der Waals surface area contributed by atoms with E-state index in [0.29, 0.717) is 30.9 Å². The minimum atomic E-state index is -1.83. The van der Waals surface area contributed by atoms with Crippen LogP contribution >= 0.6 is 0 Å². The average molecular weight is 422 g/mol. The average Bonchev–Trinajstić information content (AvgIpc) is 3.14. The molecule has 160 valence electrons. The second-order valence-corrected chi connectivity index (χ2v) is 14.4. The molecule has 1 aromatic carbocycles. The van der Waals surface area contributed by atoms with E-state index in [4.69, 9.17) is 9.53 Å². The Hall–Kier alpha value is -1.93. The second-order valence-electron chi connectivity index (χ2n) is 9.58. The lowest BCUT2D eigenvalue weighted by molar-refractivity contribution is 0.194. The second kappa shape index (κ2) is 7.72. The van der Waals surface area contributed by atoms with Gasteiger partial charge in [-0.25, -0.2) is 14.2 Å². The van der Waals surface area contributed by atoms with Crippen LogP contribution in [0, 0.1) is 18.7 Å². The number of benzene rings is 1. The molecule has 1 aliphatic rings. The summed E-state index contributed by atoms with van der Waals surface area (Å²) in [5, 5.41) is 11.3. The summed E-state index contributed by atoms with van der Waals surface area (Å²) in [6.45, 7) is 14.3. The molecule has 0 bridgehead atoms. The number of rotatable bonds is 6. The van der Waals surface area contributed by atoms with Crippen LogP contribution in [0.1, 0.15) is 37.7 Å². The van der Waals surface area contributed by atoms with Crippen LogP contribution in [-0.2, 0) is 23.8 Å². The van der Waals surface area contributed by atoms with Crippen molar-refractivity contribution in [3.8, 4) is 0 Å². The van der Waals surface area contributed by atoms with Crippen LogP contribution < -0.4 is 5.32 Å². The normalized spacial score (nSPS) is 17.0. The highest BCUT2D eigenvalue weighted by Crippen LogP contribution is 2.39. The summed E-state index contributed by atoms with van der Waals surface area (Å²) in [5.74, 6) is 0.733. The smallest absolute Gasteiger partial charge is 0.404 e. The topological polar surface area (TPSA) is 76.4 Å². The summed E-state index contributed by atoms with van der Waals surface area (Å²) in [7, 11) is -1.83. The lowest BCUT2D eigenvalue weighted by Crippen LogP contribution is -2.42. The predicted octanol–water partition coefficient (Wildman–Crippen LogP) is 4.49. The SMILES string of the molecule is Cc1nc2c(F)c3c(cc2n1CCNC(=O)O)CC(CO[Si](C)(C)C(C)(C)C)C3. The van der Waals surface area contributed by atoms with Crippen LogP contribution in [0.15, 0.2) is 6.07 Å². The highest BCUT2D eigenvalue weighted by Gasteiger charge is 2.38. The lowest BCUT2D eigenvalue weighted by atomic mass is 10.1. The van der Waals surface area contributed by atoms with E-state index in [2.05, 4.69) is 44.2 Å². The first-order valence-electron chi connectivity index (χ1n) is 10.2. The molecule has 0 spiro atoms. The van der Waals surface area contributed by atoms with Gasteiger partial charge in [0.05, 0.1) is 5.52 Å². The van der Waals surface area contributed by atoms with Gasteiger partial charge in [-0.05, 0) is 61.0 Å². The monoisotopic (exact) mass is 421 g/mol. The van der Waals surface area contributed by atoms with Gasteiger partial charge in [0.1, 0.15) is 11.3 Å². The Balaban J connectivity index is 1.79. The maximum absolute atomic E-state index is 15.2. The summed E-state index contributed by atoms with van der Waals surface area (Å²) in [6, 6.07) is 2.03. The van der Waals surface area contributed by atoms with E-state index in [1.54, 1.807) is 0 Å². The fourth-order valence-electron chi connectivity index (χ4n) is 3.72. The number of fused-ring (bicyclic) bond motifs is 2. The summed E-state index contributed by atoms with van der Waals surface area (Å²) in [5.41, 5.74) is 2.89. The van der Waals surface area contributed by atoms with E-state index in [9.17, 15) is 4.79 Å². The molecule has 1 heterocycles. The molecule has 1 atom stereocenters. The maximum atomic E-state index is 15.2. The van der Waals surface area contributed by atoms with E-state index < -0.39 is 14.4 Å². The summed E-state index contributed by atoms with van der Waals surface area (Å²) in [6.07, 6.45) is 0.413. The van der Waals surface area contributed by atoms with Crippen molar-refractivity contribution in [2.24, 2.45) is 5.92 Å². The molecule has 2 aromatic rings. The molecular weight excluding hydrogens is 389 g/mol. The Morgan fingerprint density at radius 1 is 1.41 bits per heavy atom. The van der Waals surface area contributed by atoms with Crippen molar-refractivity contribution in [1.29, 1.82) is 0 Å². The third-order valence-electron chi connectivity index (χ3n) is 6.47. The largest absolute Gasteiger partial charge is 0.465 e. The quantitative estimate of drug-likeness (QED) is 0.674. The highest BCUT2D eigenvalue weighted by atomic mass is 28.4. The zero-order valence-electron chi connectivity index (χ0n) is 18.2. The summed E-state index contributed by atoms with van der Waals surface area (Å²) >= 11 is 0. The maximum Gasteiger partial charge on any atom is 0.404 e. The number of hydrogen-bond donors (Lipinski definition) is 2. The molecule has 1 aromatic heterocycles. The molecule has 1 unspecified atom stereocenters. The van der Waals surface area contributed by atoms with Gasteiger partial charge in [0.2, 0.25) is 0 Å². The van der Waals surface area contributed by atoms with Crippen LogP contribution in [0.25, 0.3) is 11.0 Å². The molecule has 1 amide bonds. The third kappa shape index (κ3) is 4.33. The van der Waals surface area contributed by atoms with Gasteiger partial charge in [0.25, 0.3) is 0 Å². The van der Waals surface area contributed by atoms with Crippen molar-refractivity contribution in [2.45, 2.75) is 65.2 Å². The number of carboxylic acid groups (broad SMARTS) is 1. The van der Waals surface area contributed by atoms with Gasteiger partial charge in [-0.1, -0.05) is 20.8 Å². The Morgan fingerprint density at radius 3 is 2.72 bits per heavy atom. The molecule has 29 heavy (non-hydrogen) atoms. The number of nitrogens with zero attached hydrogens (tertiary/aromatic N) is 2. The van der Waals surface area contributed by atoms with E-state index in [-0.39, 0.29) is 23.3 Å². The fraction of sp³-hybridized carbons (Fsp3) is 0.619. The lowest BCUT2D eigenvalue weighted by Gasteiger charge is -2.37. The molecule has 0 saturated heterocycles. The Kier molecular flexibility index (Phi) is 5.79. The molecule has 0 fully saturated rings. The summed E-state index contributed by atoms with van der Waals surface area (Å²) in [4.78, 5) is 15.1. The number of halogens is 1. The van der Waals surface area contributed by atoms with Crippen LogP contribution in [0.2, 0.25) is 18.1 Å². The van der Waals surface area contributed by atoms with Crippen LogP contribution in [0.4, 0.5) is 9.18 Å². The van der Waals surface area contributed by atoms with Gasteiger partial charge in [0.15, 0.2) is 14.1 Å². The van der Waals surface area contributed by atoms with Crippen LogP contribution in [-0.4, -0.2) is 42.2 Å². The Labute approximate surface area is 172 Å². The number of aryl methyl sites for hydroxylation is 1. The Bertz CT molecular complexity index is 934. The standard InChI is InChI=1S/C21H32FN3O3Si/c1-13-24-19-17(25(13)8-7-23-20(26)27)11-15-9-14(10-16(15)18(19)22)12-28-29(5,6)21(2,3)4/h11,14,23H,7-10,12H2,1-6H3,(H,26,27). The molecule has 0 aliphatic heterocycles. The molecule has 1 aliphatic carbocycles. The van der Waals surface area contributed by atoms with Crippen molar-refractivity contribution in [1.82, 2.24) is 14.9 Å². The first-order chi connectivity index (χ1) is 13.4. The zero-order chi connectivity index (χ0) is 21.6. The van der Waals surface area contributed by atoms with Crippen LogP contribution in [0.5, 0.6) is 0 Å². The van der Waals surface area contributed by atoms with Gasteiger partial charge in [-0.3, -0.25) is 0 Å². The van der Waals surface area contributed by atoms with Gasteiger partial charge in [0, 0.05) is 19.7 Å². The van der Waals surface area contributed by atoms with E-state index >= 15 is 4.39 Å². The van der Waals surface area contributed by atoms with Crippen molar-refractivity contribution >= 4 is 25.4 Å². The first kappa shape index (κ1) is 21.8. The molecule has 0 radical (unpaired) electrons. The molecule has 6 nitrogen and oxygen atoms in total. The number of imidazole rings is 1. The van der Waals surface area contributed by atoms with Crippen molar-refractivity contribution in [2.75, 3.05) is 13.2 Å². The van der Waals surface area contributed by atoms with E-state index in [1.807, 2.05) is 17.6 Å². The fourth-order valence-corrected chi connectivity index (χ4v) is 4.80. The van der Waals surface area contributed by atoms with Gasteiger partial charge < -0.3 is 19.4 Å². The van der Waals surface area contributed by atoms with Gasteiger partial charge >= 0.3 is 6.09 Å². The number of carbonyl (C=O) groups is 1. The zero-order valence-corrected chi connectivity index (χ0v) is 19.2. The molecule has 0 saturated carbocycles.